The Bertz CT molecular complexity index is 866. The predicted molar refractivity (Wildman–Crippen MR) is 94.4 cm³/mol. The molecule has 26 heavy (non-hydrogen) atoms. The minimum atomic E-state index is -3.70. The van der Waals surface area contributed by atoms with Crippen LogP contribution in [0.2, 0.25) is 0 Å². The van der Waals surface area contributed by atoms with Crippen LogP contribution in [-0.4, -0.2) is 25.2 Å². The molecule has 140 valence electrons. The summed E-state index contributed by atoms with van der Waals surface area (Å²) in [6.07, 6.45) is 5.33. The molecule has 2 saturated carbocycles. The quantitative estimate of drug-likeness (QED) is 0.797. The molecule has 4 rings (SSSR count). The monoisotopic (exact) mass is 377 g/mol. The van der Waals surface area contributed by atoms with Crippen molar-refractivity contribution in [2.45, 2.75) is 61.8 Å². The van der Waals surface area contributed by atoms with Gasteiger partial charge in [0.05, 0.1) is 17.0 Å². The summed E-state index contributed by atoms with van der Waals surface area (Å²) in [5.74, 6) is 2.09. The standard InChI is InChI=1S/C18H23N3O4S/c1-2-24-14-7-9-15(10-8-14)26(22,23)21-18(11-3-4-12-18)17-19-16(25-20-17)13-5-6-13/h7-10,13,21H,2-6,11-12H2,1H3. The van der Waals surface area contributed by atoms with E-state index in [1.807, 2.05) is 6.92 Å². The first kappa shape index (κ1) is 17.5. The Morgan fingerprint density at radius 1 is 1.23 bits per heavy atom. The third-order valence-electron chi connectivity index (χ3n) is 5.03. The van der Waals surface area contributed by atoms with E-state index in [4.69, 9.17) is 9.26 Å². The molecule has 0 saturated heterocycles. The van der Waals surface area contributed by atoms with Gasteiger partial charge in [0.15, 0.2) is 5.82 Å². The molecule has 0 unspecified atom stereocenters. The lowest BCUT2D eigenvalue weighted by atomic mass is 9.98. The van der Waals surface area contributed by atoms with Crippen molar-refractivity contribution in [1.82, 2.24) is 14.9 Å². The second-order valence-corrected chi connectivity index (χ2v) is 8.71. The molecule has 0 atom stereocenters. The van der Waals surface area contributed by atoms with Crippen LogP contribution < -0.4 is 9.46 Å². The van der Waals surface area contributed by atoms with Crippen LogP contribution in [0.4, 0.5) is 0 Å². The van der Waals surface area contributed by atoms with Crippen LogP contribution >= 0.6 is 0 Å². The summed E-state index contributed by atoms with van der Waals surface area (Å²) in [5, 5.41) is 4.11. The Balaban J connectivity index is 1.60. The fraction of sp³-hybridized carbons (Fsp3) is 0.556. The van der Waals surface area contributed by atoms with Gasteiger partial charge in [-0.1, -0.05) is 18.0 Å². The number of sulfonamides is 1. The average Bonchev–Trinajstić information content (AvgIpc) is 3.16. The van der Waals surface area contributed by atoms with E-state index in [2.05, 4.69) is 14.9 Å². The number of aromatic nitrogens is 2. The van der Waals surface area contributed by atoms with E-state index < -0.39 is 15.6 Å². The molecule has 8 heteroatoms. The molecule has 2 aromatic rings. The van der Waals surface area contributed by atoms with Crippen LogP contribution in [0.25, 0.3) is 0 Å². The molecule has 0 amide bonds. The second kappa shape index (κ2) is 6.66. The molecule has 1 aromatic heterocycles. The van der Waals surface area contributed by atoms with Gasteiger partial charge in [-0.05, 0) is 56.9 Å². The van der Waals surface area contributed by atoms with Crippen LogP contribution in [0.5, 0.6) is 5.75 Å². The zero-order valence-corrected chi connectivity index (χ0v) is 15.6. The Morgan fingerprint density at radius 3 is 2.54 bits per heavy atom. The topological polar surface area (TPSA) is 94.3 Å². The van der Waals surface area contributed by atoms with Crippen molar-refractivity contribution < 1.29 is 17.7 Å². The fourth-order valence-corrected chi connectivity index (χ4v) is 4.90. The van der Waals surface area contributed by atoms with Crippen molar-refractivity contribution in [3.63, 3.8) is 0 Å². The number of ether oxygens (including phenoxy) is 1. The maximum atomic E-state index is 13.0. The van der Waals surface area contributed by atoms with E-state index in [1.54, 1.807) is 24.3 Å². The Morgan fingerprint density at radius 2 is 1.92 bits per heavy atom. The Kier molecular flexibility index (Phi) is 4.48. The van der Waals surface area contributed by atoms with Crippen LogP contribution in [0.1, 0.15) is 63.1 Å². The van der Waals surface area contributed by atoms with Crippen LogP contribution in [0.15, 0.2) is 33.7 Å². The van der Waals surface area contributed by atoms with E-state index >= 15 is 0 Å². The van der Waals surface area contributed by atoms with Crippen LogP contribution in [0, 0.1) is 0 Å². The number of hydrogen-bond acceptors (Lipinski definition) is 6. The second-order valence-electron chi connectivity index (χ2n) is 7.03. The molecule has 2 fully saturated rings. The summed E-state index contributed by atoms with van der Waals surface area (Å²) in [6, 6.07) is 6.45. The molecule has 2 aliphatic carbocycles. The Labute approximate surface area is 153 Å². The summed E-state index contributed by atoms with van der Waals surface area (Å²) < 4.78 is 39.5. The third kappa shape index (κ3) is 3.35. The third-order valence-corrected chi connectivity index (χ3v) is 6.58. The first-order valence-corrected chi connectivity index (χ1v) is 10.6. The van der Waals surface area contributed by atoms with Gasteiger partial charge in [0.1, 0.15) is 5.75 Å². The van der Waals surface area contributed by atoms with Crippen LogP contribution in [0.3, 0.4) is 0 Å². The van der Waals surface area contributed by atoms with Gasteiger partial charge in [-0.2, -0.15) is 9.71 Å². The average molecular weight is 377 g/mol. The zero-order chi connectivity index (χ0) is 18.2. The van der Waals surface area contributed by atoms with Crippen molar-refractivity contribution in [2.24, 2.45) is 0 Å². The summed E-state index contributed by atoms with van der Waals surface area (Å²) in [4.78, 5) is 4.72. The van der Waals surface area contributed by atoms with Gasteiger partial charge in [-0.25, -0.2) is 8.42 Å². The summed E-state index contributed by atoms with van der Waals surface area (Å²) >= 11 is 0. The van der Waals surface area contributed by atoms with Gasteiger partial charge in [0, 0.05) is 5.92 Å². The lowest BCUT2D eigenvalue weighted by Gasteiger charge is -2.26. The predicted octanol–water partition coefficient (Wildman–Crippen LogP) is 3.09. The maximum Gasteiger partial charge on any atom is 0.241 e. The molecule has 0 radical (unpaired) electrons. The van der Waals surface area contributed by atoms with Gasteiger partial charge in [-0.15, -0.1) is 0 Å². The highest BCUT2D eigenvalue weighted by atomic mass is 32.2. The lowest BCUT2D eigenvalue weighted by molar-refractivity contribution is 0.333. The molecule has 0 bridgehead atoms. The highest BCUT2D eigenvalue weighted by Crippen LogP contribution is 2.42. The highest BCUT2D eigenvalue weighted by Gasteiger charge is 2.44. The largest absolute Gasteiger partial charge is 0.494 e. The molecule has 1 N–H and O–H groups in total. The first-order chi connectivity index (χ1) is 12.5. The van der Waals surface area contributed by atoms with Crippen LogP contribution in [-0.2, 0) is 15.6 Å². The number of nitrogens with one attached hydrogen (secondary N) is 1. The lowest BCUT2D eigenvalue weighted by Crippen LogP contribution is -2.44. The number of rotatable bonds is 7. The molecule has 2 aliphatic rings. The number of hydrogen-bond donors (Lipinski definition) is 1. The summed E-state index contributed by atoms with van der Waals surface area (Å²) in [6.45, 7) is 2.42. The minimum absolute atomic E-state index is 0.207. The maximum absolute atomic E-state index is 13.0. The molecule has 7 nitrogen and oxygen atoms in total. The van der Waals surface area contributed by atoms with Gasteiger partial charge in [0.2, 0.25) is 15.9 Å². The molecular weight excluding hydrogens is 354 g/mol. The number of benzene rings is 1. The van der Waals surface area contributed by atoms with Crippen molar-refractivity contribution in [2.75, 3.05) is 6.61 Å². The molecule has 0 aliphatic heterocycles. The van der Waals surface area contributed by atoms with E-state index in [0.29, 0.717) is 42.8 Å². The van der Waals surface area contributed by atoms with Gasteiger partial charge in [0.25, 0.3) is 0 Å². The summed E-state index contributed by atoms with van der Waals surface area (Å²) in [5.41, 5.74) is -0.784. The summed E-state index contributed by atoms with van der Waals surface area (Å²) in [7, 11) is -3.70. The number of nitrogens with zero attached hydrogens (tertiary/aromatic N) is 2. The SMILES string of the molecule is CCOc1ccc(S(=O)(=O)NC2(c3noc(C4CC4)n3)CCCC2)cc1. The smallest absolute Gasteiger partial charge is 0.241 e. The van der Waals surface area contributed by atoms with E-state index in [9.17, 15) is 8.42 Å². The van der Waals surface area contributed by atoms with Crippen molar-refractivity contribution in [3.05, 3.63) is 36.0 Å². The van der Waals surface area contributed by atoms with E-state index in [1.165, 1.54) is 0 Å². The minimum Gasteiger partial charge on any atom is -0.494 e. The van der Waals surface area contributed by atoms with E-state index in [0.717, 1.165) is 25.7 Å². The van der Waals surface area contributed by atoms with Crippen molar-refractivity contribution in [1.29, 1.82) is 0 Å². The fourth-order valence-electron chi connectivity index (χ4n) is 3.47. The normalized spacial score (nSPS) is 19.6. The Hall–Kier alpha value is -1.93. The highest BCUT2D eigenvalue weighted by molar-refractivity contribution is 7.89. The van der Waals surface area contributed by atoms with Crippen molar-refractivity contribution >= 4 is 10.0 Å². The molecule has 1 aromatic carbocycles. The first-order valence-electron chi connectivity index (χ1n) is 9.13. The zero-order valence-electron chi connectivity index (χ0n) is 14.8. The van der Waals surface area contributed by atoms with Gasteiger partial charge in [-0.3, -0.25) is 0 Å². The van der Waals surface area contributed by atoms with Gasteiger partial charge >= 0.3 is 0 Å². The molecular formula is C18H23N3O4S. The van der Waals surface area contributed by atoms with Crippen molar-refractivity contribution in [3.8, 4) is 5.75 Å². The van der Waals surface area contributed by atoms with Gasteiger partial charge < -0.3 is 9.26 Å². The van der Waals surface area contributed by atoms with E-state index in [-0.39, 0.29) is 4.90 Å². The molecule has 1 heterocycles. The molecule has 0 spiro atoms.